The molecule has 1 nitrogen and oxygen atoms in total. The summed E-state index contributed by atoms with van der Waals surface area (Å²) in [4.78, 5) is 0. The summed E-state index contributed by atoms with van der Waals surface area (Å²) >= 11 is 5.67. The van der Waals surface area contributed by atoms with Gasteiger partial charge in [0.05, 0.1) is 5.02 Å². The van der Waals surface area contributed by atoms with E-state index in [0.29, 0.717) is 0 Å². The Balaban J connectivity index is 3.10. The third-order valence-corrected chi connectivity index (χ3v) is 2.56. The quantitative estimate of drug-likeness (QED) is 0.776. The van der Waals surface area contributed by atoms with Crippen molar-refractivity contribution in [3.05, 3.63) is 34.6 Å². The van der Waals surface area contributed by atoms with E-state index in [1.165, 1.54) is 6.07 Å². The van der Waals surface area contributed by atoms with Crippen LogP contribution in [-0.4, -0.2) is 7.05 Å². The molecule has 3 heteroatoms. The molecule has 1 rings (SSSR count). The van der Waals surface area contributed by atoms with Crippen molar-refractivity contribution in [3.8, 4) is 0 Å². The Kier molecular flexibility index (Phi) is 2.94. The molecule has 0 aliphatic rings. The average Bonchev–Trinajstić information content (AvgIpc) is 2.09. The van der Waals surface area contributed by atoms with Crippen LogP contribution in [0.5, 0.6) is 0 Å². The summed E-state index contributed by atoms with van der Waals surface area (Å²) < 4.78 is 12.8. The fourth-order valence-electron chi connectivity index (χ4n) is 1.03. The van der Waals surface area contributed by atoms with Crippen LogP contribution in [0.3, 0.4) is 0 Å². The fraction of sp³-hybridized carbons (Fsp3) is 0.400. The first-order chi connectivity index (χ1) is 5.97. The van der Waals surface area contributed by atoms with E-state index in [1.54, 1.807) is 12.1 Å². The summed E-state index contributed by atoms with van der Waals surface area (Å²) in [7, 11) is 1.86. The van der Waals surface area contributed by atoms with E-state index in [2.05, 4.69) is 5.32 Å². The lowest BCUT2D eigenvalue weighted by Gasteiger charge is -2.24. The van der Waals surface area contributed by atoms with Gasteiger partial charge in [-0.25, -0.2) is 4.39 Å². The van der Waals surface area contributed by atoms with Crippen molar-refractivity contribution >= 4 is 11.6 Å². The van der Waals surface area contributed by atoms with Crippen LogP contribution in [-0.2, 0) is 5.54 Å². The molecule has 13 heavy (non-hydrogen) atoms. The van der Waals surface area contributed by atoms with Gasteiger partial charge in [0.25, 0.3) is 0 Å². The second-order valence-electron chi connectivity index (χ2n) is 3.50. The summed E-state index contributed by atoms with van der Waals surface area (Å²) in [6, 6.07) is 4.77. The van der Waals surface area contributed by atoms with Crippen LogP contribution in [0.25, 0.3) is 0 Å². The van der Waals surface area contributed by atoms with Gasteiger partial charge in [0.15, 0.2) is 0 Å². The number of benzene rings is 1. The highest BCUT2D eigenvalue weighted by atomic mass is 35.5. The number of nitrogens with one attached hydrogen (secondary N) is 1. The van der Waals surface area contributed by atoms with Gasteiger partial charge in [-0.1, -0.05) is 17.7 Å². The minimum Gasteiger partial charge on any atom is -0.311 e. The molecule has 0 amide bonds. The molecule has 0 radical (unpaired) electrons. The van der Waals surface area contributed by atoms with Crippen molar-refractivity contribution in [3.63, 3.8) is 0 Å². The molecule has 0 saturated heterocycles. The van der Waals surface area contributed by atoms with Gasteiger partial charge in [0, 0.05) is 5.54 Å². The van der Waals surface area contributed by atoms with Crippen molar-refractivity contribution in [1.82, 2.24) is 5.32 Å². The van der Waals surface area contributed by atoms with Crippen LogP contribution < -0.4 is 5.32 Å². The van der Waals surface area contributed by atoms with E-state index in [-0.39, 0.29) is 16.4 Å². The molecule has 1 aromatic rings. The van der Waals surface area contributed by atoms with Crippen LogP contribution in [0.4, 0.5) is 4.39 Å². The Morgan fingerprint density at radius 1 is 1.38 bits per heavy atom. The fourth-order valence-corrected chi connectivity index (χ4v) is 1.21. The van der Waals surface area contributed by atoms with Gasteiger partial charge in [-0.05, 0) is 38.6 Å². The van der Waals surface area contributed by atoms with Gasteiger partial charge in [-0.15, -0.1) is 0 Å². The van der Waals surface area contributed by atoms with Crippen molar-refractivity contribution in [2.24, 2.45) is 0 Å². The average molecular weight is 202 g/mol. The maximum atomic E-state index is 12.8. The molecule has 72 valence electrons. The largest absolute Gasteiger partial charge is 0.311 e. The van der Waals surface area contributed by atoms with Crippen LogP contribution in [0.15, 0.2) is 18.2 Å². The van der Waals surface area contributed by atoms with Gasteiger partial charge in [0.2, 0.25) is 0 Å². The zero-order valence-corrected chi connectivity index (χ0v) is 8.74. The van der Waals surface area contributed by atoms with Crippen molar-refractivity contribution in [2.45, 2.75) is 19.4 Å². The Bertz CT molecular complexity index is 310. The lowest BCUT2D eigenvalue weighted by atomic mass is 9.95. The third kappa shape index (κ3) is 2.20. The van der Waals surface area contributed by atoms with E-state index < -0.39 is 0 Å². The molecule has 0 spiro atoms. The highest BCUT2D eigenvalue weighted by Gasteiger charge is 2.18. The minimum atomic E-state index is -0.377. The topological polar surface area (TPSA) is 12.0 Å². The molecule has 0 atom stereocenters. The smallest absolute Gasteiger partial charge is 0.141 e. The Labute approximate surface area is 82.9 Å². The molecule has 0 aliphatic carbocycles. The summed E-state index contributed by atoms with van der Waals surface area (Å²) in [6.45, 7) is 4.02. The van der Waals surface area contributed by atoms with Gasteiger partial charge >= 0.3 is 0 Å². The second-order valence-corrected chi connectivity index (χ2v) is 3.91. The Morgan fingerprint density at radius 2 is 2.00 bits per heavy atom. The zero-order valence-electron chi connectivity index (χ0n) is 7.99. The summed E-state index contributed by atoms with van der Waals surface area (Å²) in [5, 5.41) is 3.29. The summed E-state index contributed by atoms with van der Waals surface area (Å²) in [5.74, 6) is -0.377. The molecule has 1 N–H and O–H groups in total. The molecule has 0 aliphatic heterocycles. The predicted octanol–water partition coefficient (Wildman–Crippen LogP) is 2.93. The predicted molar refractivity (Wildman–Crippen MR) is 53.5 cm³/mol. The van der Waals surface area contributed by atoms with Gasteiger partial charge in [0.1, 0.15) is 5.82 Å². The monoisotopic (exact) mass is 201 g/mol. The van der Waals surface area contributed by atoms with Crippen molar-refractivity contribution < 1.29 is 4.39 Å². The van der Waals surface area contributed by atoms with E-state index in [9.17, 15) is 4.39 Å². The van der Waals surface area contributed by atoms with Gasteiger partial charge in [-0.3, -0.25) is 0 Å². The second kappa shape index (κ2) is 3.64. The molecule has 0 saturated carbocycles. The maximum absolute atomic E-state index is 12.8. The van der Waals surface area contributed by atoms with E-state index in [1.807, 2.05) is 20.9 Å². The van der Waals surface area contributed by atoms with Crippen LogP contribution in [0.2, 0.25) is 5.02 Å². The number of halogens is 2. The molecule has 0 aromatic heterocycles. The number of hydrogen-bond acceptors (Lipinski definition) is 1. The maximum Gasteiger partial charge on any atom is 0.141 e. The first-order valence-corrected chi connectivity index (χ1v) is 4.49. The van der Waals surface area contributed by atoms with E-state index in [4.69, 9.17) is 11.6 Å². The van der Waals surface area contributed by atoms with E-state index >= 15 is 0 Å². The molecule has 0 unspecified atom stereocenters. The molecular formula is C10H13ClFN. The highest BCUT2D eigenvalue weighted by Crippen LogP contribution is 2.24. The minimum absolute atomic E-state index is 0.167. The normalized spacial score (nSPS) is 11.8. The lowest BCUT2D eigenvalue weighted by molar-refractivity contribution is 0.444. The Morgan fingerprint density at radius 3 is 2.46 bits per heavy atom. The summed E-state index contributed by atoms with van der Waals surface area (Å²) in [6.07, 6.45) is 0. The first-order valence-electron chi connectivity index (χ1n) is 4.12. The number of rotatable bonds is 2. The third-order valence-electron chi connectivity index (χ3n) is 2.27. The molecule has 0 fully saturated rings. The molecule has 0 bridgehead atoms. The SMILES string of the molecule is CNC(C)(C)c1ccc(F)c(Cl)c1. The standard InChI is InChI=1S/C10H13ClFN/c1-10(2,13-3)7-4-5-9(12)8(11)6-7/h4-6,13H,1-3H3. The van der Waals surface area contributed by atoms with Crippen molar-refractivity contribution in [1.29, 1.82) is 0 Å². The van der Waals surface area contributed by atoms with Crippen LogP contribution in [0.1, 0.15) is 19.4 Å². The first kappa shape index (κ1) is 10.5. The molecular weight excluding hydrogens is 189 g/mol. The zero-order chi connectivity index (χ0) is 10.1. The highest BCUT2D eigenvalue weighted by molar-refractivity contribution is 6.30. The van der Waals surface area contributed by atoms with Gasteiger partial charge < -0.3 is 5.32 Å². The van der Waals surface area contributed by atoms with E-state index in [0.717, 1.165) is 5.56 Å². The van der Waals surface area contributed by atoms with Crippen molar-refractivity contribution in [2.75, 3.05) is 7.05 Å². The molecule has 1 aromatic carbocycles. The number of hydrogen-bond donors (Lipinski definition) is 1. The Hall–Kier alpha value is -0.600. The van der Waals surface area contributed by atoms with Crippen LogP contribution in [0, 0.1) is 5.82 Å². The van der Waals surface area contributed by atoms with Crippen LogP contribution >= 0.6 is 11.6 Å². The lowest BCUT2D eigenvalue weighted by Crippen LogP contribution is -2.33. The summed E-state index contributed by atoms with van der Waals surface area (Å²) in [5.41, 5.74) is 0.790. The molecule has 0 heterocycles. The van der Waals surface area contributed by atoms with Gasteiger partial charge in [-0.2, -0.15) is 0 Å².